The van der Waals surface area contributed by atoms with Crippen LogP contribution in [-0.2, 0) is 23.1 Å². The van der Waals surface area contributed by atoms with Crippen LogP contribution in [0.1, 0.15) is 12.7 Å². The van der Waals surface area contributed by atoms with Gasteiger partial charge < -0.3 is 4.57 Å². The molecule has 0 unspecified atom stereocenters. The van der Waals surface area contributed by atoms with Crippen molar-refractivity contribution in [1.29, 1.82) is 0 Å². The van der Waals surface area contributed by atoms with E-state index in [1.54, 1.807) is 10.9 Å². The number of alkyl halides is 1. The smallest absolute Gasteiger partial charge is 0.226 e. The number of nitrogens with one attached hydrogen (secondary N) is 1. The molecule has 1 N–H and O–H groups in total. The van der Waals surface area contributed by atoms with Crippen molar-refractivity contribution in [2.24, 2.45) is 0 Å². The Morgan fingerprint density at radius 3 is 2.93 bits per heavy atom. The van der Waals surface area contributed by atoms with Gasteiger partial charge in [0.2, 0.25) is 10.0 Å². The number of aromatic nitrogens is 3. The zero-order valence-corrected chi connectivity index (χ0v) is 9.22. The van der Waals surface area contributed by atoms with Crippen molar-refractivity contribution >= 4 is 21.6 Å². The standard InChI is InChI=1S/C6H11ClN4O2S/c1-2-11-5-8-10-6(11)3-9-14(12,13)4-7/h5,9H,2-4H2,1H3. The zero-order valence-electron chi connectivity index (χ0n) is 7.64. The van der Waals surface area contributed by atoms with Crippen LogP contribution in [0.4, 0.5) is 0 Å². The van der Waals surface area contributed by atoms with Crippen LogP contribution in [0.15, 0.2) is 6.33 Å². The van der Waals surface area contributed by atoms with Gasteiger partial charge in [-0.2, -0.15) is 0 Å². The van der Waals surface area contributed by atoms with Gasteiger partial charge in [0.25, 0.3) is 0 Å². The van der Waals surface area contributed by atoms with Crippen LogP contribution in [0, 0.1) is 0 Å². The van der Waals surface area contributed by atoms with Gasteiger partial charge in [0, 0.05) is 6.54 Å². The predicted molar refractivity (Wildman–Crippen MR) is 52.2 cm³/mol. The second kappa shape index (κ2) is 4.72. The van der Waals surface area contributed by atoms with Gasteiger partial charge in [0.15, 0.2) is 0 Å². The maximum atomic E-state index is 11.0. The van der Waals surface area contributed by atoms with Crippen LogP contribution in [0.25, 0.3) is 0 Å². The normalized spacial score (nSPS) is 11.9. The molecule has 0 atom stereocenters. The highest BCUT2D eigenvalue weighted by Gasteiger charge is 2.09. The van der Waals surface area contributed by atoms with E-state index in [0.29, 0.717) is 12.4 Å². The van der Waals surface area contributed by atoms with Crippen molar-refractivity contribution in [2.75, 3.05) is 5.21 Å². The Balaban J connectivity index is 2.62. The summed E-state index contributed by atoms with van der Waals surface area (Å²) in [7, 11) is -3.39. The van der Waals surface area contributed by atoms with Crippen molar-refractivity contribution in [3.8, 4) is 0 Å². The third-order valence-corrected chi connectivity index (χ3v) is 3.36. The fourth-order valence-electron chi connectivity index (χ4n) is 0.893. The molecule has 0 aliphatic rings. The number of aryl methyl sites for hydroxylation is 1. The largest absolute Gasteiger partial charge is 0.317 e. The number of rotatable bonds is 5. The molecule has 14 heavy (non-hydrogen) atoms. The molecule has 1 aromatic rings. The van der Waals surface area contributed by atoms with E-state index in [-0.39, 0.29) is 6.54 Å². The third-order valence-electron chi connectivity index (χ3n) is 1.63. The van der Waals surface area contributed by atoms with Crippen molar-refractivity contribution in [3.63, 3.8) is 0 Å². The summed E-state index contributed by atoms with van der Waals surface area (Å²) in [6.07, 6.45) is 1.55. The van der Waals surface area contributed by atoms with E-state index in [1.165, 1.54) is 0 Å². The highest BCUT2D eigenvalue weighted by atomic mass is 35.5. The van der Waals surface area contributed by atoms with Crippen molar-refractivity contribution < 1.29 is 8.42 Å². The molecule has 0 saturated carbocycles. The summed E-state index contributed by atoms with van der Waals surface area (Å²) in [6, 6.07) is 0. The molecule has 0 aliphatic carbocycles. The van der Waals surface area contributed by atoms with E-state index < -0.39 is 15.2 Å². The number of sulfonamides is 1. The summed E-state index contributed by atoms with van der Waals surface area (Å²) < 4.78 is 26.0. The summed E-state index contributed by atoms with van der Waals surface area (Å²) >= 11 is 5.21. The van der Waals surface area contributed by atoms with Gasteiger partial charge >= 0.3 is 0 Å². The molecule has 0 bridgehead atoms. The molecular formula is C6H11ClN4O2S. The topological polar surface area (TPSA) is 76.9 Å². The molecular weight excluding hydrogens is 228 g/mol. The van der Waals surface area contributed by atoms with Crippen molar-refractivity contribution in [2.45, 2.75) is 20.0 Å². The van der Waals surface area contributed by atoms with Crippen molar-refractivity contribution in [3.05, 3.63) is 12.2 Å². The number of nitrogens with zero attached hydrogens (tertiary/aromatic N) is 3. The van der Waals surface area contributed by atoms with E-state index in [2.05, 4.69) is 14.9 Å². The molecule has 0 aromatic carbocycles. The third kappa shape index (κ3) is 2.93. The van der Waals surface area contributed by atoms with E-state index >= 15 is 0 Å². The molecule has 0 amide bonds. The molecule has 1 aromatic heterocycles. The van der Waals surface area contributed by atoms with Crippen LogP contribution in [0.5, 0.6) is 0 Å². The number of hydrogen-bond acceptors (Lipinski definition) is 4. The second-order valence-electron chi connectivity index (χ2n) is 2.58. The summed E-state index contributed by atoms with van der Waals surface area (Å²) in [4.78, 5) is 0. The minimum atomic E-state index is -3.39. The summed E-state index contributed by atoms with van der Waals surface area (Å²) in [5.41, 5.74) is 0. The molecule has 0 spiro atoms. The SMILES string of the molecule is CCn1cnnc1CNS(=O)(=O)CCl. The van der Waals surface area contributed by atoms with E-state index in [1.807, 2.05) is 6.92 Å². The first-order valence-electron chi connectivity index (χ1n) is 3.99. The molecule has 0 saturated heterocycles. The first-order chi connectivity index (χ1) is 6.59. The summed E-state index contributed by atoms with van der Waals surface area (Å²) in [5.74, 6) is 0.571. The minimum Gasteiger partial charge on any atom is -0.317 e. The Labute approximate surface area is 87.3 Å². The lowest BCUT2D eigenvalue weighted by molar-refractivity contribution is 0.579. The van der Waals surface area contributed by atoms with Crippen molar-refractivity contribution in [1.82, 2.24) is 19.5 Å². The van der Waals surface area contributed by atoms with E-state index in [4.69, 9.17) is 11.6 Å². The average molecular weight is 239 g/mol. The van der Waals surface area contributed by atoms with Gasteiger partial charge in [0.1, 0.15) is 17.4 Å². The maximum Gasteiger partial charge on any atom is 0.226 e. The zero-order chi connectivity index (χ0) is 10.6. The summed E-state index contributed by atoms with van der Waals surface area (Å²) in [6.45, 7) is 2.73. The van der Waals surface area contributed by atoms with E-state index in [0.717, 1.165) is 0 Å². The quantitative estimate of drug-likeness (QED) is 0.728. The maximum absolute atomic E-state index is 11.0. The average Bonchev–Trinajstić information content (AvgIpc) is 2.62. The van der Waals surface area contributed by atoms with Crippen LogP contribution >= 0.6 is 11.6 Å². The van der Waals surface area contributed by atoms with Gasteiger partial charge in [-0.15, -0.1) is 21.8 Å². The Morgan fingerprint density at radius 2 is 2.36 bits per heavy atom. The van der Waals surface area contributed by atoms with Crippen LogP contribution < -0.4 is 4.72 Å². The first-order valence-corrected chi connectivity index (χ1v) is 6.17. The predicted octanol–water partition coefficient (Wildman–Crippen LogP) is -0.0863. The van der Waals surface area contributed by atoms with Gasteiger partial charge in [-0.3, -0.25) is 0 Å². The lowest BCUT2D eigenvalue weighted by atomic mass is 10.6. The van der Waals surface area contributed by atoms with Crippen LogP contribution in [-0.4, -0.2) is 28.4 Å². The molecule has 80 valence electrons. The first kappa shape index (κ1) is 11.4. The Morgan fingerprint density at radius 1 is 1.64 bits per heavy atom. The monoisotopic (exact) mass is 238 g/mol. The lowest BCUT2D eigenvalue weighted by Crippen LogP contribution is -2.25. The molecule has 8 heteroatoms. The summed E-state index contributed by atoms with van der Waals surface area (Å²) in [5, 5.41) is 6.98. The molecule has 0 radical (unpaired) electrons. The van der Waals surface area contributed by atoms with Crippen LogP contribution in [0.3, 0.4) is 0 Å². The molecule has 0 fully saturated rings. The molecule has 0 aliphatic heterocycles. The Hall–Kier alpha value is -0.660. The lowest BCUT2D eigenvalue weighted by Gasteiger charge is -2.04. The Bertz CT molecular complexity index is 388. The highest BCUT2D eigenvalue weighted by molar-refractivity contribution is 7.90. The van der Waals surface area contributed by atoms with Gasteiger partial charge in [0.05, 0.1) is 6.54 Å². The highest BCUT2D eigenvalue weighted by Crippen LogP contribution is 1.96. The minimum absolute atomic E-state index is 0.114. The van der Waals surface area contributed by atoms with Gasteiger partial charge in [-0.1, -0.05) is 0 Å². The Kier molecular flexibility index (Phi) is 3.85. The van der Waals surface area contributed by atoms with E-state index in [9.17, 15) is 8.42 Å². The molecule has 1 heterocycles. The fourth-order valence-corrected chi connectivity index (χ4v) is 1.55. The second-order valence-corrected chi connectivity index (χ2v) is 4.97. The van der Waals surface area contributed by atoms with Gasteiger partial charge in [-0.25, -0.2) is 13.1 Å². The van der Waals surface area contributed by atoms with Gasteiger partial charge in [-0.05, 0) is 6.92 Å². The molecule has 1 rings (SSSR count). The fraction of sp³-hybridized carbons (Fsp3) is 0.667. The number of halogens is 1. The number of hydrogen-bond donors (Lipinski definition) is 1. The molecule has 6 nitrogen and oxygen atoms in total. The van der Waals surface area contributed by atoms with Crippen LogP contribution in [0.2, 0.25) is 0 Å².